The molecule has 1 aromatic carbocycles. The Balaban J connectivity index is 1.83. The molecule has 1 aromatic rings. The molecule has 0 aromatic heterocycles. The first-order valence-corrected chi connectivity index (χ1v) is 8.46. The zero-order valence-corrected chi connectivity index (χ0v) is 13.7. The van der Waals surface area contributed by atoms with Crippen molar-refractivity contribution in [3.63, 3.8) is 0 Å². The van der Waals surface area contributed by atoms with E-state index in [0.717, 1.165) is 12.3 Å². The first-order chi connectivity index (χ1) is 10.2. The average molecular weight is 309 g/mol. The molecule has 0 amide bonds. The van der Waals surface area contributed by atoms with Gasteiger partial charge in [-0.25, -0.2) is 0 Å². The molecule has 1 N–H and O–H groups in total. The number of hydrogen-bond acceptors (Lipinski definition) is 3. The van der Waals surface area contributed by atoms with Crippen LogP contribution < -0.4 is 15.0 Å². The van der Waals surface area contributed by atoms with Gasteiger partial charge < -0.3 is 15.0 Å². The van der Waals surface area contributed by atoms with E-state index >= 15 is 0 Å². The Morgan fingerprint density at radius 3 is 2.57 bits per heavy atom. The van der Waals surface area contributed by atoms with Crippen molar-refractivity contribution in [3.05, 3.63) is 23.2 Å². The van der Waals surface area contributed by atoms with E-state index in [0.29, 0.717) is 23.1 Å². The second-order valence-corrected chi connectivity index (χ2v) is 6.60. The number of piperidine rings is 2. The smallest absolute Gasteiger partial charge is 0.137 e. The Labute approximate surface area is 132 Å². The highest BCUT2D eigenvalue weighted by Gasteiger charge is 2.38. The third-order valence-corrected chi connectivity index (χ3v) is 5.20. The summed E-state index contributed by atoms with van der Waals surface area (Å²) < 4.78 is 5.27. The SMILES string of the molecule is CCNC1CC2CCCC(C1)N2c1ccc(OC)c(Cl)c1. The van der Waals surface area contributed by atoms with Gasteiger partial charge in [0.2, 0.25) is 0 Å². The molecular weight excluding hydrogens is 284 g/mol. The molecule has 2 heterocycles. The van der Waals surface area contributed by atoms with Crippen molar-refractivity contribution < 1.29 is 4.74 Å². The number of hydrogen-bond donors (Lipinski definition) is 1. The molecule has 2 aliphatic rings. The minimum absolute atomic E-state index is 0.644. The maximum atomic E-state index is 6.32. The summed E-state index contributed by atoms with van der Waals surface area (Å²) in [6.45, 7) is 3.27. The lowest BCUT2D eigenvalue weighted by atomic mass is 9.81. The van der Waals surface area contributed by atoms with Crippen molar-refractivity contribution >= 4 is 17.3 Å². The molecule has 3 nitrogen and oxygen atoms in total. The van der Waals surface area contributed by atoms with Gasteiger partial charge in [0.25, 0.3) is 0 Å². The number of nitrogens with zero attached hydrogens (tertiary/aromatic N) is 1. The standard InChI is InChI=1S/C17H25ClN2O/c1-3-19-12-9-13-5-4-6-14(10-12)20(13)15-7-8-17(21-2)16(18)11-15/h7-8,11-14,19H,3-6,9-10H2,1-2H3. The van der Waals surface area contributed by atoms with E-state index in [1.54, 1.807) is 7.11 Å². The fourth-order valence-electron chi connectivity index (χ4n) is 4.07. The third kappa shape index (κ3) is 3.00. The number of nitrogens with one attached hydrogen (secondary N) is 1. The number of halogens is 1. The third-order valence-electron chi connectivity index (χ3n) is 4.90. The second kappa shape index (κ2) is 6.45. The number of benzene rings is 1. The molecule has 3 rings (SSSR count). The Morgan fingerprint density at radius 1 is 1.29 bits per heavy atom. The van der Waals surface area contributed by atoms with Crippen molar-refractivity contribution in [3.8, 4) is 5.75 Å². The topological polar surface area (TPSA) is 24.5 Å². The van der Waals surface area contributed by atoms with E-state index in [2.05, 4.69) is 29.3 Å². The van der Waals surface area contributed by atoms with Crippen LogP contribution in [0.1, 0.15) is 39.0 Å². The largest absolute Gasteiger partial charge is 0.495 e. The highest BCUT2D eigenvalue weighted by molar-refractivity contribution is 6.32. The van der Waals surface area contributed by atoms with Crippen molar-refractivity contribution in [1.29, 1.82) is 0 Å². The lowest BCUT2D eigenvalue weighted by Gasteiger charge is -2.50. The van der Waals surface area contributed by atoms with E-state index in [9.17, 15) is 0 Å². The van der Waals surface area contributed by atoms with Gasteiger partial charge in [0.1, 0.15) is 5.75 Å². The molecule has 0 saturated carbocycles. The van der Waals surface area contributed by atoms with E-state index in [1.807, 2.05) is 6.07 Å². The van der Waals surface area contributed by atoms with Gasteiger partial charge in [-0.15, -0.1) is 0 Å². The van der Waals surface area contributed by atoms with Crippen molar-refractivity contribution in [2.75, 3.05) is 18.6 Å². The Morgan fingerprint density at radius 2 is 2.00 bits per heavy atom. The zero-order chi connectivity index (χ0) is 14.8. The van der Waals surface area contributed by atoms with Gasteiger partial charge in [-0.3, -0.25) is 0 Å². The fourth-order valence-corrected chi connectivity index (χ4v) is 4.33. The number of methoxy groups -OCH3 is 1. The van der Waals surface area contributed by atoms with Gasteiger partial charge in [0.15, 0.2) is 0 Å². The maximum Gasteiger partial charge on any atom is 0.137 e. The van der Waals surface area contributed by atoms with E-state index in [-0.39, 0.29) is 0 Å². The predicted molar refractivity (Wildman–Crippen MR) is 88.6 cm³/mol. The van der Waals surface area contributed by atoms with Gasteiger partial charge in [-0.2, -0.15) is 0 Å². The molecule has 2 unspecified atom stereocenters. The maximum absolute atomic E-state index is 6.32. The van der Waals surface area contributed by atoms with Crippen molar-refractivity contribution in [2.45, 2.75) is 57.2 Å². The van der Waals surface area contributed by atoms with E-state index in [4.69, 9.17) is 16.3 Å². The average Bonchev–Trinajstić information content (AvgIpc) is 2.46. The number of rotatable bonds is 4. The quantitative estimate of drug-likeness (QED) is 0.914. The van der Waals surface area contributed by atoms with Gasteiger partial charge in [-0.05, 0) is 56.8 Å². The molecule has 2 saturated heterocycles. The first kappa shape index (κ1) is 15.0. The van der Waals surface area contributed by atoms with Crippen LogP contribution in [-0.4, -0.2) is 31.8 Å². The molecule has 116 valence electrons. The van der Waals surface area contributed by atoms with Gasteiger partial charge in [0.05, 0.1) is 12.1 Å². The number of ether oxygens (including phenoxy) is 1. The Hall–Kier alpha value is -0.930. The zero-order valence-electron chi connectivity index (χ0n) is 12.9. The van der Waals surface area contributed by atoms with Crippen LogP contribution in [0.2, 0.25) is 5.02 Å². The molecule has 0 spiro atoms. The summed E-state index contributed by atoms with van der Waals surface area (Å²) in [7, 11) is 1.66. The molecule has 2 aliphatic heterocycles. The van der Waals surface area contributed by atoms with Gasteiger partial charge in [0, 0.05) is 23.8 Å². The van der Waals surface area contributed by atoms with Crippen molar-refractivity contribution in [2.24, 2.45) is 0 Å². The summed E-state index contributed by atoms with van der Waals surface area (Å²) in [5, 5.41) is 4.35. The monoisotopic (exact) mass is 308 g/mol. The first-order valence-electron chi connectivity index (χ1n) is 8.08. The lowest BCUT2D eigenvalue weighted by molar-refractivity contribution is 0.247. The summed E-state index contributed by atoms with van der Waals surface area (Å²) in [4.78, 5) is 2.61. The molecule has 0 radical (unpaired) electrons. The van der Waals surface area contributed by atoms with Crippen LogP contribution in [0.15, 0.2) is 18.2 Å². The molecular formula is C17H25ClN2O. The molecule has 2 fully saturated rings. The van der Waals surface area contributed by atoms with Gasteiger partial charge >= 0.3 is 0 Å². The molecule has 0 aliphatic carbocycles. The van der Waals surface area contributed by atoms with E-state index in [1.165, 1.54) is 37.8 Å². The van der Waals surface area contributed by atoms with Crippen LogP contribution in [0.5, 0.6) is 5.75 Å². The summed E-state index contributed by atoms with van der Waals surface area (Å²) in [6.07, 6.45) is 6.43. The van der Waals surface area contributed by atoms with E-state index < -0.39 is 0 Å². The van der Waals surface area contributed by atoms with Crippen LogP contribution in [0.4, 0.5) is 5.69 Å². The van der Waals surface area contributed by atoms with Crippen LogP contribution >= 0.6 is 11.6 Å². The summed E-state index contributed by atoms with van der Waals surface area (Å²) in [5.41, 5.74) is 1.26. The molecule has 21 heavy (non-hydrogen) atoms. The minimum atomic E-state index is 0.644. The Kier molecular flexibility index (Phi) is 4.60. The van der Waals surface area contributed by atoms with Gasteiger partial charge in [-0.1, -0.05) is 18.5 Å². The molecule has 2 bridgehead atoms. The van der Waals surface area contributed by atoms with Crippen LogP contribution in [0.25, 0.3) is 0 Å². The van der Waals surface area contributed by atoms with Crippen molar-refractivity contribution in [1.82, 2.24) is 5.32 Å². The highest BCUT2D eigenvalue weighted by atomic mass is 35.5. The molecule has 2 atom stereocenters. The number of anilines is 1. The highest BCUT2D eigenvalue weighted by Crippen LogP contribution is 2.39. The normalized spacial score (nSPS) is 28.5. The molecule has 4 heteroatoms. The Bertz CT molecular complexity index is 480. The predicted octanol–water partition coefficient (Wildman–Crippen LogP) is 3.85. The summed E-state index contributed by atoms with van der Waals surface area (Å²) in [6, 6.07) is 8.18. The van der Waals surface area contributed by atoms with Crippen LogP contribution in [0.3, 0.4) is 0 Å². The summed E-state index contributed by atoms with van der Waals surface area (Å²) >= 11 is 6.32. The number of fused-ring (bicyclic) bond motifs is 2. The second-order valence-electron chi connectivity index (χ2n) is 6.19. The fraction of sp³-hybridized carbons (Fsp3) is 0.647. The van der Waals surface area contributed by atoms with Crippen LogP contribution in [0, 0.1) is 0 Å². The van der Waals surface area contributed by atoms with Crippen LogP contribution in [-0.2, 0) is 0 Å². The minimum Gasteiger partial charge on any atom is -0.495 e. The summed E-state index contributed by atoms with van der Waals surface area (Å²) in [5.74, 6) is 0.758. The lowest BCUT2D eigenvalue weighted by Crippen LogP contribution is -2.56.